The van der Waals surface area contributed by atoms with Crippen molar-refractivity contribution in [3.05, 3.63) is 52.4 Å². The molecule has 1 aromatic heterocycles. The van der Waals surface area contributed by atoms with Crippen LogP contribution in [0.2, 0.25) is 0 Å². The lowest BCUT2D eigenvalue weighted by Gasteiger charge is -2.33. The molecule has 1 saturated heterocycles. The minimum Gasteiger partial charge on any atom is -0.480 e. The number of nitrogens with one attached hydrogen (secondary N) is 1. The normalized spacial score (nSPS) is 19.6. The highest BCUT2D eigenvalue weighted by molar-refractivity contribution is 5.81. The first kappa shape index (κ1) is 18.5. The number of anilines is 1. The molecule has 1 atom stereocenters. The highest BCUT2D eigenvalue weighted by atomic mass is 16.5. The number of carbonyl (C=O) groups excluding carboxylic acids is 1. The van der Waals surface area contributed by atoms with Gasteiger partial charge in [0.05, 0.1) is 11.9 Å². The average molecular weight is 382 g/mol. The van der Waals surface area contributed by atoms with Crippen LogP contribution in [0.15, 0.2) is 41.3 Å². The zero-order chi connectivity index (χ0) is 19.5. The van der Waals surface area contributed by atoms with Crippen molar-refractivity contribution in [3.63, 3.8) is 0 Å². The number of para-hydroxylation sites is 1. The van der Waals surface area contributed by atoms with Gasteiger partial charge in [0.2, 0.25) is 0 Å². The number of nitrogens with zero attached hydrogens (tertiary/aromatic N) is 3. The number of carbonyl (C=O) groups is 1. The number of hydrogen-bond donors (Lipinski definition) is 1. The van der Waals surface area contributed by atoms with E-state index in [-0.39, 0.29) is 11.5 Å². The summed E-state index contributed by atoms with van der Waals surface area (Å²) in [7, 11) is 1.65. The third kappa shape index (κ3) is 4.03. The smallest absolute Gasteiger partial charge is 0.268 e. The summed E-state index contributed by atoms with van der Waals surface area (Å²) < 4.78 is 7.20. The van der Waals surface area contributed by atoms with Gasteiger partial charge in [-0.2, -0.15) is 5.10 Å². The molecule has 1 N–H and O–H groups in total. The second-order valence-electron chi connectivity index (χ2n) is 7.60. The van der Waals surface area contributed by atoms with Crippen molar-refractivity contribution in [2.45, 2.75) is 31.8 Å². The van der Waals surface area contributed by atoms with Crippen molar-refractivity contribution in [2.24, 2.45) is 13.0 Å². The highest BCUT2D eigenvalue weighted by Gasteiger charge is 2.27. The Hall–Kier alpha value is -2.83. The van der Waals surface area contributed by atoms with E-state index < -0.39 is 6.10 Å². The lowest BCUT2D eigenvalue weighted by atomic mass is 9.96. The molecule has 2 aromatic rings. The molecule has 148 valence electrons. The van der Waals surface area contributed by atoms with Crippen LogP contribution in [-0.2, 0) is 18.3 Å². The molecule has 2 aliphatic heterocycles. The third-order valence-electron chi connectivity index (χ3n) is 5.71. The number of aromatic nitrogens is 2. The molecule has 1 aromatic carbocycles. The van der Waals surface area contributed by atoms with Crippen molar-refractivity contribution >= 4 is 11.6 Å². The van der Waals surface area contributed by atoms with Gasteiger partial charge in [0, 0.05) is 32.7 Å². The lowest BCUT2D eigenvalue weighted by molar-refractivity contribution is -0.128. The second-order valence-corrected chi connectivity index (χ2v) is 7.60. The number of fused-ring (bicyclic) bond motifs is 1. The fraction of sp³-hybridized carbons (Fsp3) is 0.476. The van der Waals surface area contributed by atoms with E-state index in [1.54, 1.807) is 19.3 Å². The summed E-state index contributed by atoms with van der Waals surface area (Å²) in [5.74, 6) is 1.24. The van der Waals surface area contributed by atoms with Gasteiger partial charge in [-0.25, -0.2) is 4.68 Å². The number of amides is 1. The Morgan fingerprint density at radius 3 is 2.82 bits per heavy atom. The molecule has 0 bridgehead atoms. The molecule has 1 fully saturated rings. The van der Waals surface area contributed by atoms with Gasteiger partial charge in [0.15, 0.2) is 6.10 Å². The van der Waals surface area contributed by atoms with Crippen molar-refractivity contribution in [3.8, 4) is 5.75 Å². The van der Waals surface area contributed by atoms with Crippen molar-refractivity contribution in [1.29, 1.82) is 0 Å². The summed E-state index contributed by atoms with van der Waals surface area (Å²) in [6.07, 6.45) is 4.88. The molecule has 1 amide bonds. The van der Waals surface area contributed by atoms with Gasteiger partial charge in [-0.15, -0.1) is 0 Å². The van der Waals surface area contributed by atoms with Crippen molar-refractivity contribution < 1.29 is 9.53 Å². The monoisotopic (exact) mass is 382 g/mol. The van der Waals surface area contributed by atoms with Gasteiger partial charge in [0.25, 0.3) is 11.5 Å². The molecule has 0 spiro atoms. The maximum atomic E-state index is 12.5. The van der Waals surface area contributed by atoms with Gasteiger partial charge in [0.1, 0.15) is 5.75 Å². The Balaban J connectivity index is 1.25. The molecule has 0 radical (unpaired) electrons. The van der Waals surface area contributed by atoms with Crippen LogP contribution in [0.5, 0.6) is 5.75 Å². The first-order chi connectivity index (χ1) is 13.6. The standard InChI is InChI=1S/C21H26N4O3/c1-24-20(26)12-17(14-23-24)25-10-8-15(9-11-25)13-22-21(27)19-7-6-16-4-2-3-5-18(16)28-19/h2-5,12,14-15,19H,6-11,13H2,1H3,(H,22,27). The summed E-state index contributed by atoms with van der Waals surface area (Å²) in [4.78, 5) is 26.5. The number of hydrogen-bond acceptors (Lipinski definition) is 5. The molecule has 28 heavy (non-hydrogen) atoms. The van der Waals surface area contributed by atoms with E-state index in [0.717, 1.165) is 50.2 Å². The third-order valence-corrected chi connectivity index (χ3v) is 5.71. The number of rotatable bonds is 4. The minimum atomic E-state index is -0.401. The molecule has 0 saturated carbocycles. The van der Waals surface area contributed by atoms with Gasteiger partial charge in [-0.3, -0.25) is 9.59 Å². The SMILES string of the molecule is Cn1ncc(N2CCC(CNC(=O)C3CCc4ccccc4O3)CC2)cc1=O. The summed E-state index contributed by atoms with van der Waals surface area (Å²) in [5, 5.41) is 7.17. The fourth-order valence-electron chi connectivity index (χ4n) is 3.90. The van der Waals surface area contributed by atoms with Crippen molar-refractivity contribution in [1.82, 2.24) is 15.1 Å². The van der Waals surface area contributed by atoms with Gasteiger partial charge in [-0.1, -0.05) is 18.2 Å². The van der Waals surface area contributed by atoms with E-state index in [2.05, 4.69) is 21.4 Å². The number of ether oxygens (including phenoxy) is 1. The molecule has 1 unspecified atom stereocenters. The van der Waals surface area contributed by atoms with Crippen molar-refractivity contribution in [2.75, 3.05) is 24.5 Å². The maximum Gasteiger partial charge on any atom is 0.268 e. The first-order valence-electron chi connectivity index (χ1n) is 9.91. The van der Waals surface area contributed by atoms with Crippen LogP contribution in [0.3, 0.4) is 0 Å². The Bertz CT molecular complexity index is 903. The van der Waals surface area contributed by atoms with Crippen LogP contribution < -0.4 is 20.5 Å². The largest absolute Gasteiger partial charge is 0.480 e. The van der Waals surface area contributed by atoms with Gasteiger partial charge in [-0.05, 0) is 43.2 Å². The highest BCUT2D eigenvalue weighted by Crippen LogP contribution is 2.27. The summed E-state index contributed by atoms with van der Waals surface area (Å²) >= 11 is 0. The summed E-state index contributed by atoms with van der Waals surface area (Å²) in [5.41, 5.74) is 1.95. The number of piperidine rings is 1. The van der Waals surface area contributed by atoms with Crippen LogP contribution in [-0.4, -0.2) is 41.4 Å². The maximum absolute atomic E-state index is 12.5. The minimum absolute atomic E-state index is 0.0207. The predicted molar refractivity (Wildman–Crippen MR) is 107 cm³/mol. The predicted octanol–water partition coefficient (Wildman–Crippen LogP) is 1.51. The van der Waals surface area contributed by atoms with Crippen LogP contribution >= 0.6 is 0 Å². The van der Waals surface area contributed by atoms with E-state index in [1.807, 2.05) is 18.2 Å². The van der Waals surface area contributed by atoms with Crippen LogP contribution in [0.25, 0.3) is 0 Å². The van der Waals surface area contributed by atoms with E-state index >= 15 is 0 Å². The van der Waals surface area contributed by atoms with Crippen LogP contribution in [0.4, 0.5) is 5.69 Å². The zero-order valence-corrected chi connectivity index (χ0v) is 16.1. The molecule has 0 aliphatic carbocycles. The topological polar surface area (TPSA) is 76.5 Å². The quantitative estimate of drug-likeness (QED) is 0.867. The van der Waals surface area contributed by atoms with Crippen LogP contribution in [0, 0.1) is 5.92 Å². The summed E-state index contributed by atoms with van der Waals surface area (Å²) in [6.45, 7) is 2.40. The molecule has 4 rings (SSSR count). The lowest BCUT2D eigenvalue weighted by Crippen LogP contribution is -2.44. The fourth-order valence-corrected chi connectivity index (χ4v) is 3.90. The average Bonchev–Trinajstić information content (AvgIpc) is 2.74. The number of aryl methyl sites for hydroxylation is 2. The Labute approximate surface area is 164 Å². The molecule has 7 nitrogen and oxygen atoms in total. The summed E-state index contributed by atoms with van der Waals surface area (Å²) in [6, 6.07) is 9.54. The molecule has 3 heterocycles. The molecular formula is C21H26N4O3. The van der Waals surface area contributed by atoms with E-state index in [1.165, 1.54) is 10.2 Å². The molecular weight excluding hydrogens is 356 g/mol. The second kappa shape index (κ2) is 8.04. The molecule has 7 heteroatoms. The Kier molecular flexibility index (Phi) is 5.32. The Morgan fingerprint density at radius 2 is 2.04 bits per heavy atom. The zero-order valence-electron chi connectivity index (χ0n) is 16.1. The van der Waals surface area contributed by atoms with Gasteiger partial charge >= 0.3 is 0 Å². The molecule has 2 aliphatic rings. The van der Waals surface area contributed by atoms with E-state index in [0.29, 0.717) is 12.5 Å². The van der Waals surface area contributed by atoms with E-state index in [4.69, 9.17) is 4.74 Å². The Morgan fingerprint density at radius 1 is 1.25 bits per heavy atom. The van der Waals surface area contributed by atoms with Gasteiger partial charge < -0.3 is 15.0 Å². The van der Waals surface area contributed by atoms with E-state index in [9.17, 15) is 9.59 Å². The van der Waals surface area contributed by atoms with Crippen LogP contribution in [0.1, 0.15) is 24.8 Å². The first-order valence-corrected chi connectivity index (χ1v) is 9.91. The number of benzene rings is 1.